The smallest absolute Gasteiger partial charge is 0.405 e. The van der Waals surface area contributed by atoms with Crippen molar-refractivity contribution < 1.29 is 27.1 Å². The quantitative estimate of drug-likeness (QED) is 0.689. The second-order valence-electron chi connectivity index (χ2n) is 5.24. The maximum absolute atomic E-state index is 12.4. The zero-order valence-corrected chi connectivity index (χ0v) is 14.3. The maximum Gasteiger partial charge on any atom is 0.573 e. The van der Waals surface area contributed by atoms with Crippen LogP contribution in [-0.2, 0) is 17.9 Å². The summed E-state index contributed by atoms with van der Waals surface area (Å²) in [7, 11) is 0. The van der Waals surface area contributed by atoms with Gasteiger partial charge in [0.15, 0.2) is 0 Å². The number of alkyl halides is 3. The van der Waals surface area contributed by atoms with E-state index in [1.807, 2.05) is 0 Å². The van der Waals surface area contributed by atoms with Gasteiger partial charge in [0.05, 0.1) is 4.88 Å². The zero-order valence-electron chi connectivity index (χ0n) is 13.5. The van der Waals surface area contributed by atoms with E-state index in [-0.39, 0.29) is 18.0 Å². The van der Waals surface area contributed by atoms with E-state index in [9.17, 15) is 22.8 Å². The molecule has 0 saturated carbocycles. The molecule has 3 aromatic rings. The van der Waals surface area contributed by atoms with Crippen molar-refractivity contribution in [1.82, 2.24) is 15.1 Å². The molecule has 2 heterocycles. The van der Waals surface area contributed by atoms with Crippen molar-refractivity contribution in [2.24, 2.45) is 0 Å². The van der Waals surface area contributed by atoms with E-state index >= 15 is 0 Å². The number of ether oxygens (including phenoxy) is 1. The average Bonchev–Trinajstić information content (AvgIpc) is 3.23. The van der Waals surface area contributed by atoms with Crippen molar-refractivity contribution in [1.29, 1.82) is 0 Å². The number of thiophene rings is 1. The van der Waals surface area contributed by atoms with Gasteiger partial charge in [-0.1, -0.05) is 24.3 Å². The molecule has 27 heavy (non-hydrogen) atoms. The summed E-state index contributed by atoms with van der Waals surface area (Å²) in [6.07, 6.45) is -4.84. The van der Waals surface area contributed by atoms with E-state index in [0.29, 0.717) is 4.88 Å². The molecule has 2 aromatic heterocycles. The zero-order chi connectivity index (χ0) is 19.4. The van der Waals surface area contributed by atoms with Gasteiger partial charge >= 0.3 is 12.1 Å². The highest BCUT2D eigenvalue weighted by Crippen LogP contribution is 2.26. The van der Waals surface area contributed by atoms with E-state index in [1.54, 1.807) is 17.5 Å². The molecule has 0 spiro atoms. The number of carbonyl (C=O) groups is 1. The number of nitrogens with zero attached hydrogens (tertiary/aromatic N) is 2. The SMILES string of the molecule is O=C(Cn1nc(-c2cccs2)oc1=O)NCc1ccccc1OC(F)(F)F. The van der Waals surface area contributed by atoms with E-state index in [1.165, 1.54) is 29.5 Å². The molecule has 11 heteroatoms. The first-order valence-electron chi connectivity index (χ1n) is 7.54. The number of hydrogen-bond donors (Lipinski definition) is 1. The number of aromatic nitrogens is 2. The van der Waals surface area contributed by atoms with Gasteiger partial charge in [-0.2, -0.15) is 4.68 Å². The fraction of sp³-hybridized carbons (Fsp3) is 0.188. The summed E-state index contributed by atoms with van der Waals surface area (Å²) in [6, 6.07) is 8.89. The lowest BCUT2D eigenvalue weighted by molar-refractivity contribution is -0.274. The molecule has 7 nitrogen and oxygen atoms in total. The van der Waals surface area contributed by atoms with Crippen molar-refractivity contribution in [2.45, 2.75) is 19.5 Å². The van der Waals surface area contributed by atoms with Crippen LogP contribution in [0.1, 0.15) is 5.56 Å². The van der Waals surface area contributed by atoms with Crippen LogP contribution in [0.15, 0.2) is 51.0 Å². The van der Waals surface area contributed by atoms with Gasteiger partial charge in [0, 0.05) is 12.1 Å². The highest BCUT2D eigenvalue weighted by Gasteiger charge is 2.32. The monoisotopic (exact) mass is 399 g/mol. The Kier molecular flexibility index (Phi) is 5.31. The number of halogens is 3. The summed E-state index contributed by atoms with van der Waals surface area (Å²) >= 11 is 1.32. The second-order valence-corrected chi connectivity index (χ2v) is 6.19. The first-order valence-corrected chi connectivity index (χ1v) is 8.42. The van der Waals surface area contributed by atoms with Gasteiger partial charge < -0.3 is 14.5 Å². The summed E-state index contributed by atoms with van der Waals surface area (Å²) < 4.78 is 46.9. The predicted molar refractivity (Wildman–Crippen MR) is 89.0 cm³/mol. The molecule has 0 fully saturated rings. The molecule has 1 aromatic carbocycles. The molecular formula is C16H12F3N3O4S. The first-order chi connectivity index (χ1) is 12.8. The summed E-state index contributed by atoms with van der Waals surface area (Å²) in [4.78, 5) is 24.4. The third-order valence-electron chi connectivity index (χ3n) is 3.31. The summed E-state index contributed by atoms with van der Waals surface area (Å²) in [5.74, 6) is -1.75. The molecule has 0 radical (unpaired) electrons. The summed E-state index contributed by atoms with van der Waals surface area (Å²) in [5, 5.41) is 8.13. The highest BCUT2D eigenvalue weighted by molar-refractivity contribution is 7.13. The van der Waals surface area contributed by atoms with Crippen molar-refractivity contribution in [3.63, 3.8) is 0 Å². The van der Waals surface area contributed by atoms with Crippen molar-refractivity contribution in [2.75, 3.05) is 0 Å². The van der Waals surface area contributed by atoms with Crippen LogP contribution in [-0.4, -0.2) is 22.1 Å². The predicted octanol–water partition coefficient (Wildman–Crippen LogP) is 2.78. The van der Waals surface area contributed by atoms with Crippen LogP contribution >= 0.6 is 11.3 Å². The second kappa shape index (κ2) is 7.66. The Morgan fingerprint density at radius 1 is 1.26 bits per heavy atom. The lowest BCUT2D eigenvalue weighted by atomic mass is 10.2. The van der Waals surface area contributed by atoms with Crippen LogP contribution in [0.3, 0.4) is 0 Å². The van der Waals surface area contributed by atoms with Crippen LogP contribution in [0.2, 0.25) is 0 Å². The maximum atomic E-state index is 12.4. The Balaban J connectivity index is 1.64. The number of para-hydroxylation sites is 1. The van der Waals surface area contributed by atoms with Crippen LogP contribution in [0, 0.1) is 0 Å². The third-order valence-corrected chi connectivity index (χ3v) is 4.16. The Morgan fingerprint density at radius 2 is 2.04 bits per heavy atom. The minimum absolute atomic E-state index is 0.0896. The summed E-state index contributed by atoms with van der Waals surface area (Å²) in [6.45, 7) is -0.647. The van der Waals surface area contributed by atoms with Gasteiger partial charge in [-0.05, 0) is 17.5 Å². The number of rotatable bonds is 6. The number of benzene rings is 1. The standard InChI is InChI=1S/C16H12F3N3O4S/c17-16(18,19)26-11-5-2-1-4-10(11)8-20-13(23)9-22-15(24)25-14(21-22)12-6-3-7-27-12/h1-7H,8-9H2,(H,20,23). The minimum Gasteiger partial charge on any atom is -0.405 e. The number of carbonyl (C=O) groups excluding carboxylic acids is 1. The topological polar surface area (TPSA) is 86.4 Å². The molecule has 142 valence electrons. The molecule has 0 saturated heterocycles. The van der Waals surface area contributed by atoms with Gasteiger partial charge in [-0.15, -0.1) is 29.6 Å². The minimum atomic E-state index is -4.84. The molecule has 1 N–H and O–H groups in total. The Hall–Kier alpha value is -3.08. The van der Waals surface area contributed by atoms with E-state index in [2.05, 4.69) is 15.2 Å². The Morgan fingerprint density at radius 3 is 2.74 bits per heavy atom. The van der Waals surface area contributed by atoms with E-state index < -0.39 is 30.3 Å². The lowest BCUT2D eigenvalue weighted by Gasteiger charge is -2.13. The molecule has 0 atom stereocenters. The third kappa shape index (κ3) is 4.97. The molecule has 1 amide bonds. The fourth-order valence-electron chi connectivity index (χ4n) is 2.17. The van der Waals surface area contributed by atoms with Gasteiger partial charge in [0.25, 0.3) is 5.89 Å². The van der Waals surface area contributed by atoms with Crippen LogP contribution in [0.4, 0.5) is 13.2 Å². The van der Waals surface area contributed by atoms with Gasteiger partial charge in [0.2, 0.25) is 5.91 Å². The molecule has 0 aliphatic heterocycles. The number of hydrogen-bond acceptors (Lipinski definition) is 6. The van der Waals surface area contributed by atoms with E-state index in [4.69, 9.17) is 4.42 Å². The normalized spacial score (nSPS) is 11.4. The van der Waals surface area contributed by atoms with Gasteiger partial charge in [-0.3, -0.25) is 4.79 Å². The largest absolute Gasteiger partial charge is 0.573 e. The van der Waals surface area contributed by atoms with E-state index in [0.717, 1.165) is 10.7 Å². The number of amides is 1. The highest BCUT2D eigenvalue weighted by atomic mass is 32.1. The van der Waals surface area contributed by atoms with Gasteiger partial charge in [-0.25, -0.2) is 4.79 Å². The van der Waals surface area contributed by atoms with Crippen LogP contribution in [0.5, 0.6) is 5.75 Å². The lowest BCUT2D eigenvalue weighted by Crippen LogP contribution is -2.31. The summed E-state index contributed by atoms with van der Waals surface area (Å²) in [5.41, 5.74) is 0.134. The molecule has 0 aliphatic rings. The Labute approximate surface area is 154 Å². The van der Waals surface area contributed by atoms with Crippen molar-refractivity contribution in [3.8, 4) is 16.5 Å². The van der Waals surface area contributed by atoms with Gasteiger partial charge in [0.1, 0.15) is 12.3 Å². The number of nitrogens with one attached hydrogen (secondary N) is 1. The van der Waals surface area contributed by atoms with Crippen LogP contribution < -0.4 is 15.8 Å². The Bertz CT molecular complexity index is 979. The van der Waals surface area contributed by atoms with Crippen LogP contribution in [0.25, 0.3) is 10.8 Å². The molecule has 0 bridgehead atoms. The van der Waals surface area contributed by atoms with Crippen molar-refractivity contribution in [3.05, 3.63) is 57.9 Å². The fourth-order valence-corrected chi connectivity index (χ4v) is 2.81. The molecule has 0 aliphatic carbocycles. The average molecular weight is 399 g/mol. The molecule has 3 rings (SSSR count). The molecule has 0 unspecified atom stereocenters. The molecular weight excluding hydrogens is 387 g/mol. The first kappa shape index (κ1) is 18.7. The van der Waals surface area contributed by atoms with Crippen molar-refractivity contribution >= 4 is 17.2 Å².